The average Bonchev–Trinajstić information content (AvgIpc) is 3.57. The number of hydrogen-bond acceptors (Lipinski definition) is 8. The zero-order chi connectivity index (χ0) is 24.6. The normalized spacial score (nSPS) is 11.6. The fourth-order valence-electron chi connectivity index (χ4n) is 3.21. The Labute approximate surface area is 201 Å². The molecule has 4 rings (SSSR count). The van der Waals surface area contributed by atoms with Gasteiger partial charge in [-0.05, 0) is 62.4 Å². The summed E-state index contributed by atoms with van der Waals surface area (Å²) in [7, 11) is 0. The third kappa shape index (κ3) is 6.28. The molecule has 0 fully saturated rings. The zero-order valence-corrected chi connectivity index (χ0v) is 19.3. The molecular weight excluding hydrogens is 450 g/mol. The Bertz CT molecular complexity index is 1250. The average molecular weight is 476 g/mol. The van der Waals surface area contributed by atoms with Crippen molar-refractivity contribution in [1.82, 2.24) is 24.9 Å². The minimum Gasteiger partial charge on any atom is -0.494 e. The number of benzene rings is 2. The second-order valence-electron chi connectivity index (χ2n) is 7.64. The number of aromatic nitrogens is 5. The van der Waals surface area contributed by atoms with Crippen molar-refractivity contribution < 1.29 is 18.8 Å². The van der Waals surface area contributed by atoms with Crippen LogP contribution in [0.5, 0.6) is 5.75 Å². The number of anilines is 2. The summed E-state index contributed by atoms with van der Waals surface area (Å²) in [4.78, 5) is 32.9. The van der Waals surface area contributed by atoms with Crippen LogP contribution in [-0.2, 0) is 16.0 Å². The van der Waals surface area contributed by atoms with Crippen LogP contribution in [0.25, 0.3) is 11.4 Å². The third-order valence-electron chi connectivity index (χ3n) is 5.11. The molecule has 0 aliphatic carbocycles. The monoisotopic (exact) mass is 475 g/mol. The van der Waals surface area contributed by atoms with Gasteiger partial charge in [-0.15, -0.1) is 0 Å². The second kappa shape index (κ2) is 11.1. The maximum atomic E-state index is 12.3. The van der Waals surface area contributed by atoms with Gasteiger partial charge in [0.2, 0.25) is 23.5 Å². The number of hydrogen-bond donors (Lipinski definition) is 2. The Hall–Kier alpha value is -4.54. The lowest BCUT2D eigenvalue weighted by molar-refractivity contribution is -0.119. The highest BCUT2D eigenvalue weighted by Crippen LogP contribution is 2.21. The molecular formula is C24H25N7O4. The number of aryl methyl sites for hydroxylation is 1. The van der Waals surface area contributed by atoms with Gasteiger partial charge in [0, 0.05) is 29.8 Å². The highest BCUT2D eigenvalue weighted by molar-refractivity contribution is 5.94. The second-order valence-corrected chi connectivity index (χ2v) is 7.64. The first-order valence-corrected chi connectivity index (χ1v) is 11.1. The van der Waals surface area contributed by atoms with Gasteiger partial charge in [0.15, 0.2) is 0 Å². The van der Waals surface area contributed by atoms with Gasteiger partial charge in [-0.1, -0.05) is 5.16 Å². The van der Waals surface area contributed by atoms with Crippen molar-refractivity contribution in [2.45, 2.75) is 32.7 Å². The molecule has 0 aliphatic rings. The van der Waals surface area contributed by atoms with E-state index in [1.807, 2.05) is 31.2 Å². The molecule has 0 radical (unpaired) electrons. The lowest BCUT2D eigenvalue weighted by atomic mass is 10.2. The summed E-state index contributed by atoms with van der Waals surface area (Å²) in [5, 5.41) is 13.6. The van der Waals surface area contributed by atoms with Gasteiger partial charge >= 0.3 is 0 Å². The largest absolute Gasteiger partial charge is 0.494 e. The van der Waals surface area contributed by atoms with Crippen molar-refractivity contribution in [3.8, 4) is 17.1 Å². The summed E-state index contributed by atoms with van der Waals surface area (Å²) >= 11 is 0. The predicted molar refractivity (Wildman–Crippen MR) is 128 cm³/mol. The van der Waals surface area contributed by atoms with E-state index in [0.717, 1.165) is 11.3 Å². The van der Waals surface area contributed by atoms with E-state index in [2.05, 4.69) is 30.9 Å². The van der Waals surface area contributed by atoms with Crippen LogP contribution in [0.4, 0.5) is 11.4 Å². The van der Waals surface area contributed by atoms with Crippen LogP contribution in [0.3, 0.4) is 0 Å². The molecule has 2 aromatic heterocycles. The summed E-state index contributed by atoms with van der Waals surface area (Å²) < 4.78 is 12.2. The van der Waals surface area contributed by atoms with Crippen LogP contribution >= 0.6 is 0 Å². The number of rotatable bonds is 10. The third-order valence-corrected chi connectivity index (χ3v) is 5.11. The van der Waals surface area contributed by atoms with E-state index < -0.39 is 6.04 Å². The molecule has 0 saturated carbocycles. The van der Waals surface area contributed by atoms with Crippen molar-refractivity contribution in [1.29, 1.82) is 0 Å². The maximum absolute atomic E-state index is 12.3. The number of carbonyl (C=O) groups excluding carboxylic acids is 2. The summed E-state index contributed by atoms with van der Waals surface area (Å²) in [5.74, 6) is 1.19. The molecule has 2 amide bonds. The molecule has 2 heterocycles. The van der Waals surface area contributed by atoms with Crippen molar-refractivity contribution in [2.24, 2.45) is 0 Å². The van der Waals surface area contributed by atoms with Crippen LogP contribution < -0.4 is 15.4 Å². The molecule has 180 valence electrons. The van der Waals surface area contributed by atoms with Crippen molar-refractivity contribution in [3.05, 3.63) is 67.1 Å². The Morgan fingerprint density at radius 1 is 1.06 bits per heavy atom. The van der Waals surface area contributed by atoms with Crippen molar-refractivity contribution >= 4 is 23.2 Å². The van der Waals surface area contributed by atoms with Gasteiger partial charge in [0.1, 0.15) is 24.4 Å². The first-order valence-electron chi connectivity index (χ1n) is 11.1. The van der Waals surface area contributed by atoms with E-state index in [4.69, 9.17) is 9.26 Å². The van der Waals surface area contributed by atoms with E-state index in [-0.39, 0.29) is 18.2 Å². The molecule has 1 unspecified atom stereocenters. The number of ether oxygens (including phenoxy) is 1. The van der Waals surface area contributed by atoms with Crippen LogP contribution in [0.1, 0.15) is 32.2 Å². The number of carbonyl (C=O) groups is 2. The molecule has 1 atom stereocenters. The first kappa shape index (κ1) is 23.6. The number of nitrogens with zero attached hydrogens (tertiary/aromatic N) is 5. The van der Waals surface area contributed by atoms with E-state index in [9.17, 15) is 9.59 Å². The van der Waals surface area contributed by atoms with Crippen molar-refractivity contribution in [2.75, 3.05) is 17.2 Å². The molecule has 11 nitrogen and oxygen atoms in total. The van der Waals surface area contributed by atoms with Crippen LogP contribution in [-0.4, -0.2) is 43.3 Å². The highest BCUT2D eigenvalue weighted by Gasteiger charge is 2.16. The fraction of sp³-hybridized carbons (Fsp3) is 0.250. The van der Waals surface area contributed by atoms with Gasteiger partial charge in [-0.2, -0.15) is 10.1 Å². The Morgan fingerprint density at radius 2 is 1.77 bits per heavy atom. The highest BCUT2D eigenvalue weighted by atomic mass is 16.5. The summed E-state index contributed by atoms with van der Waals surface area (Å²) in [6.45, 7) is 4.25. The van der Waals surface area contributed by atoms with Crippen molar-refractivity contribution in [3.63, 3.8) is 0 Å². The Kier molecular flexibility index (Phi) is 7.46. The lowest BCUT2D eigenvalue weighted by Crippen LogP contribution is -2.24. The first-order chi connectivity index (χ1) is 17.0. The molecule has 0 bridgehead atoms. The standard InChI is InChI=1S/C24H25N7O4/c1-3-34-20-10-4-17(5-11-20)23-29-22(35-30-23)13-12-21(32)27-18-6-8-19(9-7-18)28-24(33)16(2)31-15-25-14-26-31/h4-11,14-16H,3,12-13H2,1-2H3,(H,27,32)(H,28,33). The topological polar surface area (TPSA) is 137 Å². The Morgan fingerprint density at radius 3 is 2.43 bits per heavy atom. The molecule has 0 saturated heterocycles. The minimum absolute atomic E-state index is 0.179. The Balaban J connectivity index is 1.25. The van der Waals surface area contributed by atoms with Crippen LogP contribution in [0.15, 0.2) is 65.7 Å². The lowest BCUT2D eigenvalue weighted by Gasteiger charge is -2.12. The fourth-order valence-corrected chi connectivity index (χ4v) is 3.21. The summed E-state index contributed by atoms with van der Waals surface area (Å²) in [5.41, 5.74) is 2.02. The zero-order valence-electron chi connectivity index (χ0n) is 19.3. The van der Waals surface area contributed by atoms with Gasteiger partial charge < -0.3 is 19.9 Å². The van der Waals surface area contributed by atoms with Gasteiger partial charge in [-0.3, -0.25) is 9.59 Å². The van der Waals surface area contributed by atoms with E-state index in [0.29, 0.717) is 36.1 Å². The molecule has 4 aromatic rings. The smallest absolute Gasteiger partial charge is 0.249 e. The molecule has 0 aliphatic heterocycles. The molecule has 0 spiro atoms. The van der Waals surface area contributed by atoms with Gasteiger partial charge in [0.25, 0.3) is 0 Å². The quantitative estimate of drug-likeness (QED) is 0.356. The summed E-state index contributed by atoms with van der Waals surface area (Å²) in [6, 6.07) is 13.7. The SMILES string of the molecule is CCOc1ccc(-c2noc(CCC(=O)Nc3ccc(NC(=O)C(C)n4cncn4)cc3)n2)cc1. The van der Waals surface area contributed by atoms with Gasteiger partial charge in [-0.25, -0.2) is 9.67 Å². The van der Waals surface area contributed by atoms with Gasteiger partial charge in [0.05, 0.1) is 6.61 Å². The molecule has 2 N–H and O–H groups in total. The molecule has 35 heavy (non-hydrogen) atoms. The van der Waals surface area contributed by atoms with E-state index in [1.165, 1.54) is 17.3 Å². The van der Waals surface area contributed by atoms with Crippen LogP contribution in [0.2, 0.25) is 0 Å². The number of nitrogens with one attached hydrogen (secondary N) is 2. The van der Waals surface area contributed by atoms with E-state index >= 15 is 0 Å². The summed E-state index contributed by atoms with van der Waals surface area (Å²) in [6.07, 6.45) is 3.35. The molecule has 11 heteroatoms. The predicted octanol–water partition coefficient (Wildman–Crippen LogP) is 3.50. The van der Waals surface area contributed by atoms with Crippen LogP contribution in [0, 0.1) is 0 Å². The maximum Gasteiger partial charge on any atom is 0.249 e. The number of amides is 2. The van der Waals surface area contributed by atoms with E-state index in [1.54, 1.807) is 31.2 Å². The molecule has 2 aromatic carbocycles. The minimum atomic E-state index is -0.503.